The van der Waals surface area contributed by atoms with Crippen molar-refractivity contribution in [2.75, 3.05) is 5.32 Å². The number of hydrogen-bond acceptors (Lipinski definition) is 2. The van der Waals surface area contributed by atoms with Gasteiger partial charge in [-0.3, -0.25) is 4.98 Å². The van der Waals surface area contributed by atoms with E-state index >= 15 is 0 Å². The summed E-state index contributed by atoms with van der Waals surface area (Å²) in [5.41, 5.74) is 2.44. The van der Waals surface area contributed by atoms with Crippen molar-refractivity contribution in [1.29, 1.82) is 0 Å². The first-order valence-corrected chi connectivity index (χ1v) is 5.99. The molecule has 2 aliphatic carbocycles. The molecule has 2 aliphatic rings. The van der Waals surface area contributed by atoms with Crippen LogP contribution < -0.4 is 5.32 Å². The largest absolute Gasteiger partial charge is 0.381 e. The molecule has 2 bridgehead atoms. The molecule has 0 spiro atoms. The van der Waals surface area contributed by atoms with Gasteiger partial charge in [0.15, 0.2) is 0 Å². The number of nitrogens with one attached hydrogen (secondary N) is 1. The van der Waals surface area contributed by atoms with Gasteiger partial charge in [0.05, 0.1) is 5.69 Å². The number of fused-ring (bicyclic) bond motifs is 2. The Balaban J connectivity index is 1.71. The van der Waals surface area contributed by atoms with Crippen LogP contribution >= 0.6 is 0 Å². The minimum atomic E-state index is 0.715. The van der Waals surface area contributed by atoms with E-state index in [2.05, 4.69) is 23.3 Å². The number of anilines is 1. The number of hydrogen-bond donors (Lipinski definition) is 1. The van der Waals surface area contributed by atoms with E-state index in [1.54, 1.807) is 0 Å². The lowest BCUT2D eigenvalue weighted by molar-refractivity contribution is 0.439. The van der Waals surface area contributed by atoms with Crippen LogP contribution in [0.1, 0.15) is 31.2 Å². The number of aromatic nitrogens is 1. The Bertz CT molecular complexity index is 361. The predicted octanol–water partition coefficient (Wildman–Crippen LogP) is 2.99. The summed E-state index contributed by atoms with van der Waals surface area (Å²) in [5, 5.41) is 3.65. The second-order valence-corrected chi connectivity index (χ2v) is 5.18. The van der Waals surface area contributed by atoms with E-state index in [0.29, 0.717) is 6.04 Å². The summed E-state index contributed by atoms with van der Waals surface area (Å²) >= 11 is 0. The van der Waals surface area contributed by atoms with Gasteiger partial charge in [-0.1, -0.05) is 6.42 Å². The topological polar surface area (TPSA) is 24.9 Å². The molecule has 0 amide bonds. The smallest absolute Gasteiger partial charge is 0.0531 e. The standard InChI is InChI=1S/C13H18N2/c1-9-4-12(8-14-7-9)15-13-6-10-2-3-11(13)5-10/h4,7-8,10-11,13,15H,2-3,5-6H2,1H3. The lowest BCUT2D eigenvalue weighted by atomic mass is 9.95. The fraction of sp³-hybridized carbons (Fsp3) is 0.615. The van der Waals surface area contributed by atoms with Crippen molar-refractivity contribution >= 4 is 5.69 Å². The summed E-state index contributed by atoms with van der Waals surface area (Å²) in [4.78, 5) is 4.23. The molecule has 3 unspecified atom stereocenters. The van der Waals surface area contributed by atoms with Crippen LogP contribution in [-0.4, -0.2) is 11.0 Å². The number of aryl methyl sites for hydroxylation is 1. The summed E-state index contributed by atoms with van der Waals surface area (Å²) in [6.45, 7) is 2.10. The van der Waals surface area contributed by atoms with Crippen molar-refractivity contribution in [3.8, 4) is 0 Å². The Hall–Kier alpha value is -1.05. The quantitative estimate of drug-likeness (QED) is 0.797. The second kappa shape index (κ2) is 3.51. The highest BCUT2D eigenvalue weighted by molar-refractivity contribution is 5.44. The molecule has 1 aromatic rings. The fourth-order valence-electron chi connectivity index (χ4n) is 3.27. The molecular weight excluding hydrogens is 184 g/mol. The molecule has 15 heavy (non-hydrogen) atoms. The first kappa shape index (κ1) is 9.20. The van der Waals surface area contributed by atoms with Crippen LogP contribution in [0.25, 0.3) is 0 Å². The summed E-state index contributed by atoms with van der Waals surface area (Å²) in [6.07, 6.45) is 9.58. The lowest BCUT2D eigenvalue weighted by Gasteiger charge is -2.23. The minimum absolute atomic E-state index is 0.715. The first-order valence-electron chi connectivity index (χ1n) is 5.99. The molecule has 0 radical (unpaired) electrons. The SMILES string of the molecule is Cc1cncc(NC2CC3CCC2C3)c1. The molecule has 2 heteroatoms. The highest BCUT2D eigenvalue weighted by Crippen LogP contribution is 2.45. The van der Waals surface area contributed by atoms with Gasteiger partial charge in [0.1, 0.15) is 0 Å². The van der Waals surface area contributed by atoms with Crippen molar-refractivity contribution < 1.29 is 0 Å². The Morgan fingerprint density at radius 3 is 2.87 bits per heavy atom. The molecule has 0 saturated heterocycles. The molecule has 0 aliphatic heterocycles. The second-order valence-electron chi connectivity index (χ2n) is 5.18. The Morgan fingerprint density at radius 1 is 1.27 bits per heavy atom. The Morgan fingerprint density at radius 2 is 2.20 bits per heavy atom. The van der Waals surface area contributed by atoms with Crippen LogP contribution in [0.4, 0.5) is 5.69 Å². The molecule has 1 aromatic heterocycles. The number of nitrogens with zero attached hydrogens (tertiary/aromatic N) is 1. The van der Waals surface area contributed by atoms with Crippen molar-refractivity contribution in [2.45, 2.75) is 38.6 Å². The molecule has 2 nitrogen and oxygen atoms in total. The Kier molecular flexibility index (Phi) is 2.15. The molecule has 2 saturated carbocycles. The van der Waals surface area contributed by atoms with Crippen LogP contribution in [-0.2, 0) is 0 Å². The lowest BCUT2D eigenvalue weighted by Crippen LogP contribution is -2.25. The van der Waals surface area contributed by atoms with E-state index in [-0.39, 0.29) is 0 Å². The molecule has 3 rings (SSSR count). The first-order chi connectivity index (χ1) is 7.31. The average Bonchev–Trinajstić information content (AvgIpc) is 2.79. The van der Waals surface area contributed by atoms with E-state index in [1.807, 2.05) is 12.4 Å². The molecule has 2 fully saturated rings. The minimum Gasteiger partial charge on any atom is -0.381 e. The molecule has 1 heterocycles. The van der Waals surface area contributed by atoms with Crippen LogP contribution in [0, 0.1) is 18.8 Å². The van der Waals surface area contributed by atoms with Crippen molar-refractivity contribution in [1.82, 2.24) is 4.98 Å². The summed E-state index contributed by atoms with van der Waals surface area (Å²) in [6, 6.07) is 2.91. The number of rotatable bonds is 2. The summed E-state index contributed by atoms with van der Waals surface area (Å²) in [5.74, 6) is 1.93. The maximum atomic E-state index is 4.23. The summed E-state index contributed by atoms with van der Waals surface area (Å²) in [7, 11) is 0. The molecule has 3 atom stereocenters. The average molecular weight is 202 g/mol. The predicted molar refractivity (Wildman–Crippen MR) is 61.8 cm³/mol. The van der Waals surface area contributed by atoms with Gasteiger partial charge in [-0.15, -0.1) is 0 Å². The zero-order valence-corrected chi connectivity index (χ0v) is 9.24. The third-order valence-corrected chi connectivity index (χ3v) is 3.97. The van der Waals surface area contributed by atoms with Gasteiger partial charge in [0.25, 0.3) is 0 Å². The van der Waals surface area contributed by atoms with Crippen LogP contribution in [0.3, 0.4) is 0 Å². The van der Waals surface area contributed by atoms with Gasteiger partial charge in [0.2, 0.25) is 0 Å². The van der Waals surface area contributed by atoms with Crippen LogP contribution in [0.2, 0.25) is 0 Å². The maximum Gasteiger partial charge on any atom is 0.0531 e. The maximum absolute atomic E-state index is 4.23. The van der Waals surface area contributed by atoms with Gasteiger partial charge in [-0.2, -0.15) is 0 Å². The van der Waals surface area contributed by atoms with Gasteiger partial charge < -0.3 is 5.32 Å². The van der Waals surface area contributed by atoms with Crippen molar-refractivity contribution in [3.63, 3.8) is 0 Å². The van der Waals surface area contributed by atoms with Crippen molar-refractivity contribution in [3.05, 3.63) is 24.0 Å². The van der Waals surface area contributed by atoms with Gasteiger partial charge in [-0.05, 0) is 49.7 Å². The van der Waals surface area contributed by atoms with E-state index in [1.165, 1.54) is 36.9 Å². The fourth-order valence-corrected chi connectivity index (χ4v) is 3.27. The van der Waals surface area contributed by atoms with E-state index in [9.17, 15) is 0 Å². The third-order valence-electron chi connectivity index (χ3n) is 3.97. The molecule has 1 N–H and O–H groups in total. The third kappa shape index (κ3) is 1.73. The molecular formula is C13H18N2. The van der Waals surface area contributed by atoms with Gasteiger partial charge in [-0.25, -0.2) is 0 Å². The zero-order valence-electron chi connectivity index (χ0n) is 9.24. The van der Waals surface area contributed by atoms with E-state index in [0.717, 1.165) is 11.8 Å². The highest BCUT2D eigenvalue weighted by Gasteiger charge is 2.39. The Labute approximate surface area is 91.1 Å². The zero-order chi connectivity index (χ0) is 10.3. The normalized spacial score (nSPS) is 33.3. The monoisotopic (exact) mass is 202 g/mol. The highest BCUT2D eigenvalue weighted by atomic mass is 15.0. The summed E-state index contributed by atoms with van der Waals surface area (Å²) < 4.78 is 0. The van der Waals surface area contributed by atoms with Crippen LogP contribution in [0.15, 0.2) is 18.5 Å². The van der Waals surface area contributed by atoms with E-state index in [4.69, 9.17) is 0 Å². The molecule has 80 valence electrons. The van der Waals surface area contributed by atoms with Gasteiger partial charge >= 0.3 is 0 Å². The van der Waals surface area contributed by atoms with E-state index < -0.39 is 0 Å². The van der Waals surface area contributed by atoms with Crippen LogP contribution in [0.5, 0.6) is 0 Å². The molecule has 0 aromatic carbocycles. The number of pyridine rings is 1. The van der Waals surface area contributed by atoms with Gasteiger partial charge in [0, 0.05) is 18.4 Å². The van der Waals surface area contributed by atoms with Crippen molar-refractivity contribution in [2.24, 2.45) is 11.8 Å².